The van der Waals surface area contributed by atoms with Gasteiger partial charge in [-0.2, -0.15) is 0 Å². The fourth-order valence-corrected chi connectivity index (χ4v) is 2.85. The zero-order valence-corrected chi connectivity index (χ0v) is 10.6. The Bertz CT molecular complexity index is 146. The second-order valence-electron chi connectivity index (χ2n) is 5.36. The van der Waals surface area contributed by atoms with Gasteiger partial charge in [-0.15, -0.1) is 0 Å². The van der Waals surface area contributed by atoms with E-state index in [4.69, 9.17) is 0 Å². The zero-order chi connectivity index (χ0) is 11.1. The van der Waals surface area contributed by atoms with Crippen LogP contribution in [0.2, 0.25) is 0 Å². The molecule has 0 aromatic rings. The van der Waals surface area contributed by atoms with Crippen LogP contribution in [0.25, 0.3) is 0 Å². The molecule has 2 heteroatoms. The molecule has 2 aliphatic heterocycles. The predicted molar refractivity (Wildman–Crippen MR) is 69.5 cm³/mol. The maximum absolute atomic E-state index is 3.65. The highest BCUT2D eigenvalue weighted by Gasteiger charge is 2.14. The molecular weight excluding hydrogens is 196 g/mol. The largest absolute Gasteiger partial charge is 0.314 e. The lowest BCUT2D eigenvalue weighted by molar-refractivity contribution is 0.297. The summed E-state index contributed by atoms with van der Waals surface area (Å²) in [5, 5.41) is 3.65. The van der Waals surface area contributed by atoms with Crippen LogP contribution in [-0.2, 0) is 0 Å². The van der Waals surface area contributed by atoms with Crippen molar-refractivity contribution in [2.24, 2.45) is 0 Å². The van der Waals surface area contributed by atoms with Crippen LogP contribution in [0.15, 0.2) is 0 Å². The molecule has 0 aromatic carbocycles. The second kappa shape index (κ2) is 7.29. The molecule has 2 saturated heterocycles. The van der Waals surface area contributed by atoms with Gasteiger partial charge in [0.05, 0.1) is 0 Å². The van der Waals surface area contributed by atoms with Crippen LogP contribution in [0.1, 0.15) is 51.4 Å². The van der Waals surface area contributed by atoms with E-state index < -0.39 is 0 Å². The molecule has 93 valence electrons. The third kappa shape index (κ3) is 4.42. The molecule has 1 atom stereocenters. The summed E-state index contributed by atoms with van der Waals surface area (Å²) in [5.41, 5.74) is 0. The Morgan fingerprint density at radius 2 is 1.69 bits per heavy atom. The van der Waals surface area contributed by atoms with Gasteiger partial charge >= 0.3 is 0 Å². The van der Waals surface area contributed by atoms with Crippen LogP contribution >= 0.6 is 0 Å². The highest BCUT2D eigenvalue weighted by atomic mass is 15.1. The van der Waals surface area contributed by atoms with Crippen molar-refractivity contribution in [3.05, 3.63) is 6.42 Å². The van der Waals surface area contributed by atoms with Gasteiger partial charge < -0.3 is 10.2 Å². The van der Waals surface area contributed by atoms with Crippen LogP contribution in [0.5, 0.6) is 0 Å². The van der Waals surface area contributed by atoms with Crippen molar-refractivity contribution < 1.29 is 0 Å². The first-order valence-corrected chi connectivity index (χ1v) is 7.24. The van der Waals surface area contributed by atoms with E-state index in [0.29, 0.717) is 6.04 Å². The Kier molecular flexibility index (Phi) is 5.64. The Balaban J connectivity index is 1.64. The molecule has 0 aliphatic carbocycles. The van der Waals surface area contributed by atoms with E-state index in [1.54, 1.807) is 0 Å². The number of hydrogen-bond acceptors (Lipinski definition) is 2. The van der Waals surface area contributed by atoms with E-state index >= 15 is 0 Å². The number of nitrogens with one attached hydrogen (secondary N) is 1. The van der Waals surface area contributed by atoms with Crippen molar-refractivity contribution in [2.75, 3.05) is 26.2 Å². The third-order valence-electron chi connectivity index (χ3n) is 3.95. The topological polar surface area (TPSA) is 15.3 Å². The molecular formula is C14H27N2. The van der Waals surface area contributed by atoms with Crippen molar-refractivity contribution in [3.8, 4) is 0 Å². The van der Waals surface area contributed by atoms with Crippen LogP contribution in [0, 0.1) is 6.42 Å². The predicted octanol–water partition coefficient (Wildman–Crippen LogP) is 2.60. The molecule has 2 heterocycles. The van der Waals surface area contributed by atoms with Crippen molar-refractivity contribution in [2.45, 2.75) is 57.4 Å². The number of likely N-dealkylation sites (tertiary alicyclic amines) is 1. The van der Waals surface area contributed by atoms with Gasteiger partial charge in [-0.3, -0.25) is 0 Å². The normalized spacial score (nSPS) is 29.6. The fraction of sp³-hybridized carbons (Fsp3) is 0.929. The summed E-state index contributed by atoms with van der Waals surface area (Å²) >= 11 is 0. The first-order valence-electron chi connectivity index (χ1n) is 7.24. The lowest BCUT2D eigenvalue weighted by Gasteiger charge is -2.23. The Hall–Kier alpha value is -0.0800. The van der Waals surface area contributed by atoms with Gasteiger partial charge in [-0.1, -0.05) is 25.7 Å². The molecule has 0 saturated carbocycles. The first-order chi connectivity index (χ1) is 7.95. The molecule has 0 bridgehead atoms. The molecule has 1 unspecified atom stereocenters. The lowest BCUT2D eigenvalue weighted by atomic mass is 10.1. The summed E-state index contributed by atoms with van der Waals surface area (Å²) in [5.74, 6) is 0. The summed E-state index contributed by atoms with van der Waals surface area (Å²) in [4.78, 5) is 2.64. The van der Waals surface area contributed by atoms with E-state index in [0.717, 1.165) is 0 Å². The highest BCUT2D eigenvalue weighted by Crippen LogP contribution is 2.13. The summed E-state index contributed by atoms with van der Waals surface area (Å²) in [6.45, 7) is 5.07. The average Bonchev–Trinajstić information content (AvgIpc) is 2.71. The Morgan fingerprint density at radius 1 is 0.938 bits per heavy atom. The Morgan fingerprint density at radius 3 is 2.50 bits per heavy atom. The van der Waals surface area contributed by atoms with E-state index in [2.05, 4.69) is 16.6 Å². The quantitative estimate of drug-likeness (QED) is 0.791. The molecule has 0 spiro atoms. The minimum Gasteiger partial charge on any atom is -0.314 e. The van der Waals surface area contributed by atoms with Gasteiger partial charge in [0.2, 0.25) is 0 Å². The zero-order valence-electron chi connectivity index (χ0n) is 10.6. The molecule has 1 N–H and O–H groups in total. The minimum atomic E-state index is 0.686. The van der Waals surface area contributed by atoms with E-state index in [1.165, 1.54) is 77.5 Å². The molecule has 0 amide bonds. The summed E-state index contributed by atoms with van der Waals surface area (Å²) in [7, 11) is 0. The van der Waals surface area contributed by atoms with Crippen molar-refractivity contribution in [1.82, 2.24) is 10.2 Å². The van der Waals surface area contributed by atoms with Crippen LogP contribution in [-0.4, -0.2) is 37.1 Å². The van der Waals surface area contributed by atoms with Crippen LogP contribution in [0.4, 0.5) is 0 Å². The maximum Gasteiger partial charge on any atom is 0.0111 e. The monoisotopic (exact) mass is 223 g/mol. The van der Waals surface area contributed by atoms with Gasteiger partial charge in [-0.25, -0.2) is 0 Å². The first kappa shape index (κ1) is 12.4. The van der Waals surface area contributed by atoms with Crippen molar-refractivity contribution in [1.29, 1.82) is 0 Å². The maximum atomic E-state index is 3.65. The van der Waals surface area contributed by atoms with Crippen molar-refractivity contribution in [3.63, 3.8) is 0 Å². The minimum absolute atomic E-state index is 0.686. The van der Waals surface area contributed by atoms with Gasteiger partial charge in [-0.05, 0) is 51.7 Å². The molecule has 0 aromatic heterocycles. The molecule has 1 radical (unpaired) electrons. The molecule has 2 rings (SSSR count). The smallest absolute Gasteiger partial charge is 0.0111 e. The van der Waals surface area contributed by atoms with Gasteiger partial charge in [0.15, 0.2) is 0 Å². The summed E-state index contributed by atoms with van der Waals surface area (Å²) in [6, 6.07) is 0.686. The van der Waals surface area contributed by atoms with Gasteiger partial charge in [0.25, 0.3) is 0 Å². The SMILES string of the molecule is [CH](CN1CCCCCC1)C1CCCCCN1. The lowest BCUT2D eigenvalue weighted by Crippen LogP contribution is -2.35. The van der Waals surface area contributed by atoms with Crippen molar-refractivity contribution >= 4 is 0 Å². The van der Waals surface area contributed by atoms with Gasteiger partial charge in [0.1, 0.15) is 0 Å². The molecule has 16 heavy (non-hydrogen) atoms. The number of hydrogen-bond donors (Lipinski definition) is 1. The van der Waals surface area contributed by atoms with Gasteiger partial charge in [0, 0.05) is 12.6 Å². The molecule has 2 nitrogen and oxygen atoms in total. The van der Waals surface area contributed by atoms with E-state index in [9.17, 15) is 0 Å². The highest BCUT2D eigenvalue weighted by molar-refractivity contribution is 4.87. The molecule has 2 fully saturated rings. The van der Waals surface area contributed by atoms with E-state index in [-0.39, 0.29) is 0 Å². The summed E-state index contributed by atoms with van der Waals surface area (Å²) < 4.78 is 0. The van der Waals surface area contributed by atoms with Crippen LogP contribution < -0.4 is 5.32 Å². The Labute approximate surface area is 101 Å². The molecule has 2 aliphatic rings. The number of nitrogens with zero attached hydrogens (tertiary/aromatic N) is 1. The standard InChI is InChI=1S/C14H27N2/c1-2-7-12-16(11-6-1)13-9-14-8-4-3-5-10-15-14/h9,14-15H,1-8,10-13H2. The third-order valence-corrected chi connectivity index (χ3v) is 3.95. The number of rotatable bonds is 3. The van der Waals surface area contributed by atoms with E-state index in [1.807, 2.05) is 0 Å². The fourth-order valence-electron chi connectivity index (χ4n) is 2.85. The summed E-state index contributed by atoms with van der Waals surface area (Å²) in [6.07, 6.45) is 13.8. The van der Waals surface area contributed by atoms with Crippen LogP contribution in [0.3, 0.4) is 0 Å². The average molecular weight is 223 g/mol. The second-order valence-corrected chi connectivity index (χ2v) is 5.36.